The summed E-state index contributed by atoms with van der Waals surface area (Å²) < 4.78 is 0. The second-order valence-corrected chi connectivity index (χ2v) is 6.95. The van der Waals surface area contributed by atoms with Gasteiger partial charge in [0.25, 0.3) is 11.6 Å². The molecular weight excluding hydrogens is 372 g/mol. The van der Waals surface area contributed by atoms with Gasteiger partial charge in [0.1, 0.15) is 0 Å². The molecule has 0 radical (unpaired) electrons. The number of nitro benzene ring substituents is 1. The van der Waals surface area contributed by atoms with Gasteiger partial charge in [-0.25, -0.2) is 5.43 Å². The summed E-state index contributed by atoms with van der Waals surface area (Å²) in [5, 5.41) is 17.5. The largest absolute Gasteiger partial charge is 0.326 e. The number of hydrogen-bond acceptors (Lipinski definition) is 5. The van der Waals surface area contributed by atoms with Gasteiger partial charge in [-0.15, -0.1) is 0 Å². The first-order valence-corrected chi connectivity index (χ1v) is 9.52. The number of benzene rings is 2. The Labute approximate surface area is 168 Å². The highest BCUT2D eigenvalue weighted by molar-refractivity contribution is 5.96. The second-order valence-electron chi connectivity index (χ2n) is 6.95. The topological polar surface area (TPSA) is 114 Å². The first-order chi connectivity index (χ1) is 14.0. The summed E-state index contributed by atoms with van der Waals surface area (Å²) in [5.74, 6) is -0.324. The van der Waals surface area contributed by atoms with Gasteiger partial charge in [0.15, 0.2) is 0 Å². The summed E-state index contributed by atoms with van der Waals surface area (Å²) in [7, 11) is 0. The lowest BCUT2D eigenvalue weighted by atomic mass is 9.88. The van der Waals surface area contributed by atoms with Gasteiger partial charge in [-0.3, -0.25) is 19.7 Å². The Morgan fingerprint density at radius 3 is 2.48 bits per heavy atom. The van der Waals surface area contributed by atoms with Crippen molar-refractivity contribution in [1.82, 2.24) is 5.43 Å². The van der Waals surface area contributed by atoms with Crippen LogP contribution in [0.15, 0.2) is 53.6 Å². The molecule has 0 heterocycles. The summed E-state index contributed by atoms with van der Waals surface area (Å²) in [5.41, 5.74) is 3.87. The molecule has 1 aliphatic rings. The van der Waals surface area contributed by atoms with E-state index in [4.69, 9.17) is 0 Å². The van der Waals surface area contributed by atoms with Crippen molar-refractivity contribution in [1.29, 1.82) is 0 Å². The number of rotatable bonds is 6. The molecule has 2 N–H and O–H groups in total. The summed E-state index contributed by atoms with van der Waals surface area (Å²) >= 11 is 0. The molecule has 0 aliphatic heterocycles. The molecule has 2 amide bonds. The standard InChI is InChI=1S/C21H22N4O4/c26-20(16-6-2-1-3-7-16)23-18-11-9-17(10-12-18)21(27)24-22-14-15-5-4-8-19(13-15)25(28)29/h4-5,8-14,16H,1-3,6-7H2,(H,23,26)(H,24,27). The fraction of sp³-hybridized carbons (Fsp3) is 0.286. The molecule has 8 nitrogen and oxygen atoms in total. The number of nitrogens with zero attached hydrogens (tertiary/aromatic N) is 2. The van der Waals surface area contributed by atoms with Crippen molar-refractivity contribution in [3.8, 4) is 0 Å². The van der Waals surface area contributed by atoms with E-state index in [-0.39, 0.29) is 17.5 Å². The number of hydrogen-bond donors (Lipinski definition) is 2. The Balaban J connectivity index is 1.54. The molecule has 0 atom stereocenters. The SMILES string of the molecule is O=C(NN=Cc1cccc([N+](=O)[O-])c1)c1ccc(NC(=O)C2CCCCC2)cc1. The van der Waals surface area contributed by atoms with Crippen molar-refractivity contribution >= 4 is 29.4 Å². The minimum Gasteiger partial charge on any atom is -0.326 e. The van der Waals surface area contributed by atoms with Gasteiger partial charge in [-0.1, -0.05) is 31.4 Å². The normalized spacial score (nSPS) is 14.5. The summed E-state index contributed by atoms with van der Waals surface area (Å²) in [4.78, 5) is 34.7. The Hall–Kier alpha value is -3.55. The number of anilines is 1. The van der Waals surface area contributed by atoms with Crippen LogP contribution >= 0.6 is 0 Å². The molecule has 150 valence electrons. The predicted octanol–water partition coefficient (Wildman–Crippen LogP) is 3.88. The van der Waals surface area contributed by atoms with Crippen molar-refractivity contribution in [3.63, 3.8) is 0 Å². The number of amides is 2. The zero-order chi connectivity index (χ0) is 20.6. The lowest BCUT2D eigenvalue weighted by Gasteiger charge is -2.20. The third-order valence-electron chi connectivity index (χ3n) is 4.85. The summed E-state index contributed by atoms with van der Waals surface area (Å²) in [6.07, 6.45) is 6.56. The number of nitro groups is 1. The fourth-order valence-electron chi connectivity index (χ4n) is 3.26. The highest BCUT2D eigenvalue weighted by Gasteiger charge is 2.21. The molecule has 29 heavy (non-hydrogen) atoms. The molecule has 0 bridgehead atoms. The van der Waals surface area contributed by atoms with Crippen LogP contribution in [0.25, 0.3) is 0 Å². The van der Waals surface area contributed by atoms with E-state index in [1.54, 1.807) is 36.4 Å². The molecule has 1 fully saturated rings. The van der Waals surface area contributed by atoms with E-state index in [1.807, 2.05) is 0 Å². The van der Waals surface area contributed by atoms with Gasteiger partial charge in [-0.05, 0) is 37.1 Å². The van der Waals surface area contributed by atoms with Crippen LogP contribution in [0.4, 0.5) is 11.4 Å². The molecule has 0 unspecified atom stereocenters. The van der Waals surface area contributed by atoms with Gasteiger partial charge < -0.3 is 5.32 Å². The van der Waals surface area contributed by atoms with Crippen molar-refractivity contribution < 1.29 is 14.5 Å². The number of carbonyl (C=O) groups excluding carboxylic acids is 2. The zero-order valence-corrected chi connectivity index (χ0v) is 15.8. The number of hydrazone groups is 1. The maximum atomic E-state index is 12.3. The van der Waals surface area contributed by atoms with E-state index < -0.39 is 10.8 Å². The quantitative estimate of drug-likeness (QED) is 0.440. The van der Waals surface area contributed by atoms with Crippen LogP contribution in [-0.2, 0) is 4.79 Å². The Bertz CT molecular complexity index is 919. The first kappa shape index (κ1) is 20.2. The predicted molar refractivity (Wildman–Crippen MR) is 110 cm³/mol. The lowest BCUT2D eigenvalue weighted by molar-refractivity contribution is -0.384. The van der Waals surface area contributed by atoms with Crippen LogP contribution < -0.4 is 10.7 Å². The maximum absolute atomic E-state index is 12.3. The maximum Gasteiger partial charge on any atom is 0.271 e. The third-order valence-corrected chi connectivity index (χ3v) is 4.85. The third kappa shape index (κ3) is 5.71. The van der Waals surface area contributed by atoms with E-state index in [0.717, 1.165) is 25.7 Å². The monoisotopic (exact) mass is 394 g/mol. The molecule has 1 aliphatic carbocycles. The first-order valence-electron chi connectivity index (χ1n) is 9.52. The van der Waals surface area contributed by atoms with Crippen molar-refractivity contribution in [3.05, 3.63) is 69.8 Å². The zero-order valence-electron chi connectivity index (χ0n) is 15.8. The Kier molecular flexibility index (Phi) is 6.67. The van der Waals surface area contributed by atoms with Crippen LogP contribution in [0.1, 0.15) is 48.0 Å². The average Bonchev–Trinajstić information content (AvgIpc) is 2.75. The lowest BCUT2D eigenvalue weighted by Crippen LogP contribution is -2.24. The van der Waals surface area contributed by atoms with E-state index in [9.17, 15) is 19.7 Å². The minimum absolute atomic E-state index is 0.0310. The van der Waals surface area contributed by atoms with E-state index >= 15 is 0 Å². The smallest absolute Gasteiger partial charge is 0.271 e. The molecule has 2 aromatic carbocycles. The second kappa shape index (κ2) is 9.59. The number of nitrogens with one attached hydrogen (secondary N) is 2. The molecule has 0 aromatic heterocycles. The van der Waals surface area contributed by atoms with Gasteiger partial charge in [0.05, 0.1) is 11.1 Å². The van der Waals surface area contributed by atoms with Crippen LogP contribution in [0.3, 0.4) is 0 Å². The molecule has 8 heteroatoms. The van der Waals surface area contributed by atoms with Gasteiger partial charge in [-0.2, -0.15) is 5.10 Å². The van der Waals surface area contributed by atoms with Crippen molar-refractivity contribution in [2.75, 3.05) is 5.32 Å². The number of carbonyl (C=O) groups is 2. The van der Waals surface area contributed by atoms with Crippen LogP contribution in [-0.4, -0.2) is 23.0 Å². The summed E-state index contributed by atoms with van der Waals surface area (Å²) in [6, 6.07) is 12.5. The molecule has 1 saturated carbocycles. The molecule has 0 spiro atoms. The van der Waals surface area contributed by atoms with E-state index in [1.165, 1.54) is 24.8 Å². The van der Waals surface area contributed by atoms with Crippen LogP contribution in [0, 0.1) is 16.0 Å². The van der Waals surface area contributed by atoms with Gasteiger partial charge >= 0.3 is 0 Å². The van der Waals surface area contributed by atoms with Crippen LogP contribution in [0.2, 0.25) is 0 Å². The molecule has 3 rings (SSSR count). The molecule has 2 aromatic rings. The fourth-order valence-corrected chi connectivity index (χ4v) is 3.26. The van der Waals surface area contributed by atoms with E-state index in [0.29, 0.717) is 16.8 Å². The van der Waals surface area contributed by atoms with Gasteiger partial charge in [0, 0.05) is 34.9 Å². The van der Waals surface area contributed by atoms with Crippen LogP contribution in [0.5, 0.6) is 0 Å². The van der Waals surface area contributed by atoms with E-state index in [2.05, 4.69) is 15.8 Å². The summed E-state index contributed by atoms with van der Waals surface area (Å²) in [6.45, 7) is 0. The minimum atomic E-state index is -0.496. The van der Waals surface area contributed by atoms with Crippen molar-refractivity contribution in [2.45, 2.75) is 32.1 Å². The molecule has 0 saturated heterocycles. The highest BCUT2D eigenvalue weighted by Crippen LogP contribution is 2.25. The molecular formula is C21H22N4O4. The Morgan fingerprint density at radius 1 is 1.07 bits per heavy atom. The average molecular weight is 394 g/mol. The number of non-ortho nitro benzene ring substituents is 1. The Morgan fingerprint density at radius 2 is 1.79 bits per heavy atom. The van der Waals surface area contributed by atoms with Gasteiger partial charge in [0.2, 0.25) is 5.91 Å². The van der Waals surface area contributed by atoms with Crippen molar-refractivity contribution in [2.24, 2.45) is 11.0 Å². The highest BCUT2D eigenvalue weighted by atomic mass is 16.6.